The zero-order chi connectivity index (χ0) is 13.1. The molecule has 1 aromatic rings. The van der Waals surface area contributed by atoms with E-state index in [0.29, 0.717) is 5.54 Å². The van der Waals surface area contributed by atoms with Gasteiger partial charge in [0.15, 0.2) is 5.17 Å². The molecular formula is C16H22N2S. The fraction of sp³-hybridized carbons (Fsp3) is 0.562. The number of aliphatic imine (C=N–C) groups is 1. The van der Waals surface area contributed by atoms with Gasteiger partial charge in [-0.1, -0.05) is 60.9 Å². The Labute approximate surface area is 120 Å². The van der Waals surface area contributed by atoms with Crippen molar-refractivity contribution in [2.45, 2.75) is 51.1 Å². The number of hydrogen-bond donors (Lipinski definition) is 1. The van der Waals surface area contributed by atoms with E-state index < -0.39 is 0 Å². The number of rotatable bonds is 2. The Morgan fingerprint density at radius 2 is 1.89 bits per heavy atom. The Morgan fingerprint density at radius 3 is 2.63 bits per heavy atom. The van der Waals surface area contributed by atoms with Gasteiger partial charge in [0, 0.05) is 11.3 Å². The van der Waals surface area contributed by atoms with Crippen molar-refractivity contribution >= 4 is 16.9 Å². The number of thioether (sulfide) groups is 1. The van der Waals surface area contributed by atoms with Crippen LogP contribution in [0.2, 0.25) is 0 Å². The van der Waals surface area contributed by atoms with Crippen molar-refractivity contribution in [1.29, 1.82) is 0 Å². The molecule has 3 rings (SSSR count). The van der Waals surface area contributed by atoms with Crippen LogP contribution in [0.5, 0.6) is 0 Å². The quantitative estimate of drug-likeness (QED) is 0.884. The first-order chi connectivity index (χ1) is 9.26. The Bertz CT molecular complexity index is 458. The minimum absolute atomic E-state index is 0.370. The van der Waals surface area contributed by atoms with Crippen molar-refractivity contribution in [3.05, 3.63) is 35.4 Å². The highest BCUT2D eigenvalue weighted by Crippen LogP contribution is 2.36. The van der Waals surface area contributed by atoms with Gasteiger partial charge in [-0.2, -0.15) is 0 Å². The van der Waals surface area contributed by atoms with Crippen LogP contribution in [0.3, 0.4) is 0 Å². The maximum atomic E-state index is 4.74. The minimum Gasteiger partial charge on any atom is -0.359 e. The lowest BCUT2D eigenvalue weighted by Gasteiger charge is -2.32. The summed E-state index contributed by atoms with van der Waals surface area (Å²) in [5.74, 6) is 1.21. The summed E-state index contributed by atoms with van der Waals surface area (Å²) in [7, 11) is 0. The number of benzene rings is 1. The predicted molar refractivity (Wildman–Crippen MR) is 83.7 cm³/mol. The SMILES string of the molecule is Cc1ccc(CN=C2NC3(CCCCC3)CS2)cc1. The second-order valence-corrected chi connectivity index (χ2v) is 6.83. The standard InChI is InChI=1S/C16H22N2S/c1-13-5-7-14(8-6-13)11-17-15-18-16(12-19-15)9-3-2-4-10-16/h5-8H,2-4,9-12H2,1H3,(H,17,18). The van der Waals surface area contributed by atoms with E-state index in [-0.39, 0.29) is 0 Å². The van der Waals surface area contributed by atoms with E-state index in [9.17, 15) is 0 Å². The van der Waals surface area contributed by atoms with E-state index in [2.05, 4.69) is 36.5 Å². The average molecular weight is 274 g/mol. The topological polar surface area (TPSA) is 24.4 Å². The molecule has 3 heteroatoms. The van der Waals surface area contributed by atoms with E-state index in [0.717, 1.165) is 11.7 Å². The Morgan fingerprint density at radius 1 is 1.16 bits per heavy atom. The molecule has 19 heavy (non-hydrogen) atoms. The second kappa shape index (κ2) is 5.58. The molecule has 1 aliphatic carbocycles. The molecule has 0 bridgehead atoms. The van der Waals surface area contributed by atoms with Crippen molar-refractivity contribution in [2.75, 3.05) is 5.75 Å². The molecular weight excluding hydrogens is 252 g/mol. The second-order valence-electron chi connectivity index (χ2n) is 5.86. The lowest BCUT2D eigenvalue weighted by Crippen LogP contribution is -2.45. The van der Waals surface area contributed by atoms with Gasteiger partial charge in [0.2, 0.25) is 0 Å². The van der Waals surface area contributed by atoms with Crippen molar-refractivity contribution in [3.63, 3.8) is 0 Å². The molecule has 0 aromatic heterocycles. The van der Waals surface area contributed by atoms with E-state index >= 15 is 0 Å². The number of amidine groups is 1. The third kappa shape index (κ3) is 3.14. The smallest absolute Gasteiger partial charge is 0.157 e. The van der Waals surface area contributed by atoms with Gasteiger partial charge in [0.1, 0.15) is 0 Å². The normalized spacial score (nSPS) is 23.7. The lowest BCUT2D eigenvalue weighted by atomic mass is 9.83. The molecule has 2 nitrogen and oxygen atoms in total. The van der Waals surface area contributed by atoms with Crippen LogP contribution in [0.1, 0.15) is 43.2 Å². The van der Waals surface area contributed by atoms with E-state index in [1.54, 1.807) is 0 Å². The lowest BCUT2D eigenvalue weighted by molar-refractivity contribution is 0.303. The molecule has 1 N–H and O–H groups in total. The zero-order valence-electron chi connectivity index (χ0n) is 11.6. The number of nitrogens with zero attached hydrogens (tertiary/aromatic N) is 1. The molecule has 1 aliphatic heterocycles. The van der Waals surface area contributed by atoms with Gasteiger partial charge in [0.25, 0.3) is 0 Å². The summed E-state index contributed by atoms with van der Waals surface area (Å²) in [4.78, 5) is 4.74. The molecule has 2 aliphatic rings. The van der Waals surface area contributed by atoms with Crippen molar-refractivity contribution in [2.24, 2.45) is 4.99 Å². The van der Waals surface area contributed by atoms with Gasteiger partial charge in [-0.05, 0) is 25.3 Å². The van der Waals surface area contributed by atoms with Gasteiger partial charge in [-0.25, -0.2) is 0 Å². The highest BCUT2D eigenvalue weighted by Gasteiger charge is 2.37. The van der Waals surface area contributed by atoms with Crippen LogP contribution in [0, 0.1) is 6.92 Å². The fourth-order valence-corrected chi connectivity index (χ4v) is 4.16. The third-order valence-electron chi connectivity index (χ3n) is 4.19. The van der Waals surface area contributed by atoms with Gasteiger partial charge in [-0.15, -0.1) is 0 Å². The molecule has 0 amide bonds. The summed E-state index contributed by atoms with van der Waals surface area (Å²) in [5.41, 5.74) is 2.98. The number of nitrogens with one attached hydrogen (secondary N) is 1. The van der Waals surface area contributed by atoms with Gasteiger partial charge in [0.05, 0.1) is 6.54 Å². The first-order valence-corrected chi connectivity index (χ1v) is 8.25. The van der Waals surface area contributed by atoms with E-state index in [4.69, 9.17) is 4.99 Å². The summed E-state index contributed by atoms with van der Waals surface area (Å²) in [6.07, 6.45) is 6.80. The highest BCUT2D eigenvalue weighted by atomic mass is 32.2. The highest BCUT2D eigenvalue weighted by molar-refractivity contribution is 8.14. The first-order valence-electron chi connectivity index (χ1n) is 7.27. The van der Waals surface area contributed by atoms with Crippen molar-refractivity contribution < 1.29 is 0 Å². The molecule has 0 unspecified atom stereocenters. The average Bonchev–Trinajstić information content (AvgIpc) is 2.82. The summed E-state index contributed by atoms with van der Waals surface area (Å²) < 4.78 is 0. The molecule has 102 valence electrons. The summed E-state index contributed by atoms with van der Waals surface area (Å²) >= 11 is 1.91. The summed E-state index contributed by atoms with van der Waals surface area (Å²) in [5, 5.41) is 4.86. The van der Waals surface area contributed by atoms with Crippen LogP contribution in [0.25, 0.3) is 0 Å². The molecule has 0 atom stereocenters. The molecule has 1 spiro atoms. The number of hydrogen-bond acceptors (Lipinski definition) is 2. The largest absolute Gasteiger partial charge is 0.359 e. The van der Waals surface area contributed by atoms with E-state index in [1.165, 1.54) is 49.0 Å². The Kier molecular flexibility index (Phi) is 3.83. The maximum absolute atomic E-state index is 4.74. The monoisotopic (exact) mass is 274 g/mol. The maximum Gasteiger partial charge on any atom is 0.157 e. The summed E-state index contributed by atoms with van der Waals surface area (Å²) in [6.45, 7) is 2.92. The van der Waals surface area contributed by atoms with Crippen LogP contribution in [0.15, 0.2) is 29.3 Å². The predicted octanol–water partition coefficient (Wildman–Crippen LogP) is 3.89. The molecule has 1 saturated heterocycles. The minimum atomic E-state index is 0.370. The Balaban J connectivity index is 1.61. The van der Waals surface area contributed by atoms with Crippen LogP contribution in [0.4, 0.5) is 0 Å². The van der Waals surface area contributed by atoms with Crippen molar-refractivity contribution in [3.8, 4) is 0 Å². The van der Waals surface area contributed by atoms with Gasteiger partial charge >= 0.3 is 0 Å². The molecule has 2 fully saturated rings. The third-order valence-corrected chi connectivity index (χ3v) is 5.40. The fourth-order valence-electron chi connectivity index (χ4n) is 2.95. The van der Waals surface area contributed by atoms with Gasteiger partial charge in [-0.3, -0.25) is 4.99 Å². The first kappa shape index (κ1) is 13.0. The molecule has 1 heterocycles. The molecule has 1 aromatic carbocycles. The molecule has 1 saturated carbocycles. The van der Waals surface area contributed by atoms with Crippen molar-refractivity contribution in [1.82, 2.24) is 5.32 Å². The van der Waals surface area contributed by atoms with Crippen LogP contribution < -0.4 is 5.32 Å². The van der Waals surface area contributed by atoms with E-state index in [1.807, 2.05) is 11.8 Å². The zero-order valence-corrected chi connectivity index (χ0v) is 12.4. The van der Waals surface area contributed by atoms with Gasteiger partial charge < -0.3 is 5.32 Å². The number of aryl methyl sites for hydroxylation is 1. The summed E-state index contributed by atoms with van der Waals surface area (Å²) in [6, 6.07) is 8.67. The molecule has 0 radical (unpaired) electrons. The van der Waals surface area contributed by atoms with Crippen LogP contribution >= 0.6 is 11.8 Å². The van der Waals surface area contributed by atoms with Crippen LogP contribution in [-0.4, -0.2) is 16.5 Å². The Hall–Kier alpha value is -0.960. The van der Waals surface area contributed by atoms with Crippen LogP contribution in [-0.2, 0) is 6.54 Å².